The average molecular weight is 1020 g/mol. The molecule has 0 unspecified atom stereocenters. The zero-order valence-corrected chi connectivity index (χ0v) is 41.3. The van der Waals surface area contributed by atoms with Gasteiger partial charge in [-0.05, 0) is 135 Å². The van der Waals surface area contributed by atoms with Crippen LogP contribution in [0.5, 0.6) is 0 Å². The summed E-state index contributed by atoms with van der Waals surface area (Å²) in [5, 5.41) is 15.7. The first-order chi connectivity index (χ1) is 32.4. The number of benzene rings is 8. The summed E-state index contributed by atoms with van der Waals surface area (Å²) in [5.41, 5.74) is 8.79. The van der Waals surface area contributed by atoms with Crippen LogP contribution in [0.15, 0.2) is 165 Å². The number of nitrogens with one attached hydrogen (secondary N) is 3. The second-order valence-corrected chi connectivity index (χ2v) is 21.7. The van der Waals surface area contributed by atoms with Gasteiger partial charge in [0.05, 0.1) is 14.7 Å². The molecule has 0 aromatic heterocycles. The van der Waals surface area contributed by atoms with Crippen molar-refractivity contribution in [3.05, 3.63) is 146 Å². The van der Waals surface area contributed by atoms with Gasteiger partial charge in [-0.3, -0.25) is 18.2 Å². The number of hydrogen-bond acceptors (Lipinski definition) is 12. The first-order valence-corrected chi connectivity index (χ1v) is 27.1. The Morgan fingerprint density at radius 2 is 0.884 bits per heavy atom. The van der Waals surface area contributed by atoms with Crippen molar-refractivity contribution in [1.82, 2.24) is 0 Å². The molecule has 0 fully saturated rings. The lowest BCUT2D eigenvalue weighted by atomic mass is 10.1. The van der Waals surface area contributed by atoms with Gasteiger partial charge in [0.25, 0.3) is 40.5 Å². The fraction of sp³-hybridized carbons (Fsp3) is 0.184. The molecule has 0 aliphatic carbocycles. The number of unbranched alkanes of at least 4 members (excludes halogenated alkanes) is 1. The van der Waals surface area contributed by atoms with Crippen molar-refractivity contribution in [2.45, 2.75) is 53.2 Å². The first-order valence-electron chi connectivity index (χ1n) is 21.3. The summed E-state index contributed by atoms with van der Waals surface area (Å²) >= 11 is 0. The summed E-state index contributed by atoms with van der Waals surface area (Å²) < 4.78 is 125. The summed E-state index contributed by atoms with van der Waals surface area (Å²) in [4.78, 5) is -0.405. The number of nitrogen functional groups attached to an aromatic ring is 1. The molecule has 0 bridgehead atoms. The van der Waals surface area contributed by atoms with Crippen LogP contribution in [0.25, 0.3) is 43.1 Å². The molecule has 9 N–H and O–H groups in total. The molecule has 16 nitrogen and oxygen atoms in total. The predicted molar refractivity (Wildman–Crippen MR) is 276 cm³/mol. The maximum absolute atomic E-state index is 11.1. The highest BCUT2D eigenvalue weighted by molar-refractivity contribution is 7.86. The molecule has 8 aromatic rings. The lowest BCUT2D eigenvalue weighted by Gasteiger charge is -2.10. The monoisotopic (exact) mass is 1020 g/mol. The molecule has 0 saturated heterocycles. The van der Waals surface area contributed by atoms with E-state index in [4.69, 9.17) is 23.9 Å². The van der Waals surface area contributed by atoms with E-state index in [-0.39, 0.29) is 19.6 Å². The minimum atomic E-state index is -4.23. The van der Waals surface area contributed by atoms with Crippen LogP contribution in [0, 0.1) is 5.92 Å². The molecule has 8 aromatic carbocycles. The van der Waals surface area contributed by atoms with Gasteiger partial charge in [0.1, 0.15) is 4.90 Å². The molecule has 20 heteroatoms. The predicted octanol–water partition coefficient (Wildman–Crippen LogP) is 10.2. The van der Waals surface area contributed by atoms with Gasteiger partial charge in [0, 0.05) is 48.3 Å². The average Bonchev–Trinajstić information content (AvgIpc) is 3.29. The fourth-order valence-electron chi connectivity index (χ4n) is 6.81. The van der Waals surface area contributed by atoms with Crippen molar-refractivity contribution in [2.75, 3.05) is 41.8 Å². The van der Waals surface area contributed by atoms with Crippen LogP contribution in [0.1, 0.15) is 33.6 Å². The zero-order chi connectivity index (χ0) is 50.7. The number of hydrogen-bond donors (Lipinski definition) is 8. The molecule has 69 heavy (non-hydrogen) atoms. The summed E-state index contributed by atoms with van der Waals surface area (Å²) in [6.45, 7) is 8.10. The lowest BCUT2D eigenvalue weighted by Crippen LogP contribution is -2.07. The molecular weight excluding hydrogens is 965 g/mol. The van der Waals surface area contributed by atoms with E-state index in [1.165, 1.54) is 42.5 Å². The maximum atomic E-state index is 11.1. The van der Waals surface area contributed by atoms with E-state index >= 15 is 0 Å². The minimum absolute atomic E-state index is 0.0780. The molecule has 0 saturated carbocycles. The molecule has 0 heterocycles. The third-order valence-electron chi connectivity index (χ3n) is 10.4. The molecule has 0 amide bonds. The number of fused-ring (bicyclic) bond motifs is 4. The van der Waals surface area contributed by atoms with Crippen molar-refractivity contribution in [1.29, 1.82) is 0 Å². The van der Waals surface area contributed by atoms with E-state index in [0.29, 0.717) is 22.4 Å². The second kappa shape index (κ2) is 22.8. The van der Waals surface area contributed by atoms with Crippen LogP contribution in [-0.2, 0) is 40.5 Å². The number of anilines is 4. The van der Waals surface area contributed by atoms with Crippen molar-refractivity contribution < 1.29 is 51.9 Å². The normalized spacial score (nSPS) is 11.8. The van der Waals surface area contributed by atoms with Crippen LogP contribution >= 0.6 is 0 Å². The summed E-state index contributed by atoms with van der Waals surface area (Å²) in [5.74, 6) is 0.528. The SMILES string of the molecule is CC(C)CNc1ccc2ccc(S(=O)(=O)O)cc2c1.CCCCNc1ccc2ccc(S(=O)(=O)O)cc2c1.CNc1ccc2ccc(S(=O)(=O)O)cc2c1.Nc1cccc2cccc(S(=O)(=O)O)c12. The fourth-order valence-corrected chi connectivity index (χ4v) is 9.10. The van der Waals surface area contributed by atoms with Crippen molar-refractivity contribution >= 4 is 106 Å². The Labute approximate surface area is 402 Å². The van der Waals surface area contributed by atoms with Gasteiger partial charge < -0.3 is 21.7 Å². The summed E-state index contributed by atoms with van der Waals surface area (Å²) in [7, 11) is -14.9. The van der Waals surface area contributed by atoms with Crippen LogP contribution in [0.2, 0.25) is 0 Å². The molecule has 0 spiro atoms. The molecule has 0 radical (unpaired) electrons. The van der Waals surface area contributed by atoms with Gasteiger partial charge in [0.2, 0.25) is 0 Å². The van der Waals surface area contributed by atoms with Gasteiger partial charge >= 0.3 is 0 Å². The van der Waals surface area contributed by atoms with Crippen molar-refractivity contribution in [3.8, 4) is 0 Å². The molecule has 0 aliphatic heterocycles. The van der Waals surface area contributed by atoms with E-state index < -0.39 is 40.5 Å². The lowest BCUT2D eigenvalue weighted by molar-refractivity contribution is 0.481. The number of nitrogens with two attached hydrogens (primary N) is 1. The topological polar surface area (TPSA) is 280 Å². The van der Waals surface area contributed by atoms with Crippen molar-refractivity contribution in [3.63, 3.8) is 0 Å². The highest BCUT2D eigenvalue weighted by Crippen LogP contribution is 2.29. The van der Waals surface area contributed by atoms with Crippen LogP contribution in [0.4, 0.5) is 22.7 Å². The van der Waals surface area contributed by atoms with Crippen LogP contribution in [0.3, 0.4) is 0 Å². The van der Waals surface area contributed by atoms with Gasteiger partial charge in [0.15, 0.2) is 0 Å². The Morgan fingerprint density at radius 3 is 1.29 bits per heavy atom. The Hall–Kier alpha value is -6.36. The number of rotatable bonds is 12. The van der Waals surface area contributed by atoms with E-state index in [1.807, 2.05) is 54.6 Å². The van der Waals surface area contributed by atoms with E-state index in [9.17, 15) is 33.7 Å². The molecule has 0 aliphatic rings. The van der Waals surface area contributed by atoms with Gasteiger partial charge in [-0.15, -0.1) is 0 Å². The van der Waals surface area contributed by atoms with E-state index in [2.05, 4.69) is 36.7 Å². The third kappa shape index (κ3) is 15.3. The molecule has 366 valence electrons. The molecule has 0 atom stereocenters. The van der Waals surface area contributed by atoms with Gasteiger partial charge in [-0.2, -0.15) is 33.7 Å². The van der Waals surface area contributed by atoms with Crippen LogP contribution in [-0.4, -0.2) is 72.0 Å². The molecular formula is C49H54N4O12S4. The highest BCUT2D eigenvalue weighted by Gasteiger charge is 2.16. The summed E-state index contributed by atoms with van der Waals surface area (Å²) in [6.07, 6.45) is 2.20. The minimum Gasteiger partial charge on any atom is -0.398 e. The Kier molecular flexibility index (Phi) is 17.7. The Bertz CT molecular complexity index is 3570. The molecule has 8 rings (SSSR count). The summed E-state index contributed by atoms with van der Waals surface area (Å²) in [6, 6.07) is 40.5. The Balaban J connectivity index is 0.000000172. The zero-order valence-electron chi connectivity index (χ0n) is 38.0. The van der Waals surface area contributed by atoms with Crippen LogP contribution < -0.4 is 21.7 Å². The van der Waals surface area contributed by atoms with Gasteiger partial charge in [-0.25, -0.2) is 0 Å². The van der Waals surface area contributed by atoms with Crippen molar-refractivity contribution in [2.24, 2.45) is 5.92 Å². The smallest absolute Gasteiger partial charge is 0.295 e. The largest absolute Gasteiger partial charge is 0.398 e. The van der Waals surface area contributed by atoms with E-state index in [0.717, 1.165) is 75.3 Å². The third-order valence-corrected chi connectivity index (χ3v) is 13.8. The van der Waals surface area contributed by atoms with Gasteiger partial charge in [-0.1, -0.05) is 87.9 Å². The second-order valence-electron chi connectivity index (χ2n) is 16.1. The highest BCUT2D eigenvalue weighted by atomic mass is 32.2. The Morgan fingerprint density at radius 1 is 0.478 bits per heavy atom. The maximum Gasteiger partial charge on any atom is 0.295 e. The standard InChI is InChI=1S/2C14H17NO3S.C11H11NO3S.C10H9NO3S/c1-10(2)9-15-13-5-3-11-4-6-14(19(16,17)18)8-12(11)7-13;1-2-3-8-15-13-6-4-11-5-7-14(19(16,17)18)10-12(11)9-13;1-12-10-4-2-8-3-5-11(16(13,14)15)7-9(8)6-10;11-8-5-1-3-7-4-2-6-9(10(7)8)15(12,13)14/h3-8,10,15H,9H2,1-2H3,(H,16,17,18);4-7,9-10,15H,2-3,8H2,1H3,(H,16,17,18);2-7,12H,1H3,(H,13,14,15);1-6H,11H2,(H,12,13,14). The van der Waals surface area contributed by atoms with E-state index in [1.54, 1.807) is 55.6 Å². The first kappa shape index (κ1) is 53.6. The quantitative estimate of drug-likeness (QED) is 0.0321.